The standard InChI is InChI=1S/C17H24N6O3/c1-13-11-15(16(26)22-5-3-20(12-24)4-6-22)19-17(18-13)23-9-7-21(8-10-23)14(2)25/h11-12H,3-10H2,1-2H3. The van der Waals surface area contributed by atoms with Crippen molar-refractivity contribution in [2.24, 2.45) is 0 Å². The maximum atomic E-state index is 12.8. The van der Waals surface area contributed by atoms with Crippen molar-refractivity contribution in [3.8, 4) is 0 Å². The average Bonchev–Trinajstić information content (AvgIpc) is 2.67. The largest absolute Gasteiger partial charge is 0.342 e. The number of rotatable bonds is 3. The molecular weight excluding hydrogens is 336 g/mol. The number of aromatic nitrogens is 2. The molecule has 9 nitrogen and oxygen atoms in total. The van der Waals surface area contributed by atoms with Gasteiger partial charge in [0.05, 0.1) is 0 Å². The minimum absolute atomic E-state index is 0.0696. The highest BCUT2D eigenvalue weighted by atomic mass is 16.2. The number of nitrogens with zero attached hydrogens (tertiary/aromatic N) is 6. The summed E-state index contributed by atoms with van der Waals surface area (Å²) in [5, 5.41) is 0. The van der Waals surface area contributed by atoms with Crippen LogP contribution in [0.3, 0.4) is 0 Å². The lowest BCUT2D eigenvalue weighted by atomic mass is 10.2. The number of piperazine rings is 2. The molecule has 0 atom stereocenters. The number of amides is 3. The second kappa shape index (κ2) is 7.67. The van der Waals surface area contributed by atoms with Crippen molar-refractivity contribution in [3.05, 3.63) is 17.5 Å². The van der Waals surface area contributed by atoms with E-state index in [-0.39, 0.29) is 11.8 Å². The molecule has 140 valence electrons. The maximum absolute atomic E-state index is 12.8. The van der Waals surface area contributed by atoms with E-state index >= 15 is 0 Å². The molecule has 26 heavy (non-hydrogen) atoms. The Balaban J connectivity index is 1.71. The highest BCUT2D eigenvalue weighted by Crippen LogP contribution is 2.15. The van der Waals surface area contributed by atoms with Crippen molar-refractivity contribution in [2.45, 2.75) is 13.8 Å². The summed E-state index contributed by atoms with van der Waals surface area (Å²) >= 11 is 0. The Hall–Kier alpha value is -2.71. The minimum atomic E-state index is -0.135. The molecule has 0 spiro atoms. The van der Waals surface area contributed by atoms with Crippen LogP contribution in [0.1, 0.15) is 23.1 Å². The summed E-state index contributed by atoms with van der Waals surface area (Å²) in [4.78, 5) is 51.2. The maximum Gasteiger partial charge on any atom is 0.272 e. The van der Waals surface area contributed by atoms with E-state index in [1.54, 1.807) is 27.7 Å². The Bertz CT molecular complexity index is 694. The molecule has 3 amide bonds. The van der Waals surface area contributed by atoms with Crippen molar-refractivity contribution in [1.29, 1.82) is 0 Å². The van der Waals surface area contributed by atoms with E-state index < -0.39 is 0 Å². The summed E-state index contributed by atoms with van der Waals surface area (Å²) in [7, 11) is 0. The molecule has 2 aliphatic rings. The lowest BCUT2D eigenvalue weighted by Crippen LogP contribution is -2.49. The average molecular weight is 360 g/mol. The van der Waals surface area contributed by atoms with E-state index in [0.29, 0.717) is 64.0 Å². The normalized spacial score (nSPS) is 18.1. The van der Waals surface area contributed by atoms with Crippen molar-refractivity contribution in [2.75, 3.05) is 57.3 Å². The van der Waals surface area contributed by atoms with Gasteiger partial charge in [-0.25, -0.2) is 9.97 Å². The Labute approximate surface area is 152 Å². The zero-order valence-corrected chi connectivity index (χ0v) is 15.2. The van der Waals surface area contributed by atoms with E-state index in [0.717, 1.165) is 12.1 Å². The van der Waals surface area contributed by atoms with E-state index in [4.69, 9.17) is 0 Å². The van der Waals surface area contributed by atoms with Gasteiger partial charge in [-0.3, -0.25) is 14.4 Å². The van der Waals surface area contributed by atoms with Crippen LogP contribution in [0.2, 0.25) is 0 Å². The molecule has 2 fully saturated rings. The predicted molar refractivity (Wildman–Crippen MR) is 94.8 cm³/mol. The number of carbonyl (C=O) groups is 3. The Morgan fingerprint density at radius 1 is 0.962 bits per heavy atom. The van der Waals surface area contributed by atoms with Gasteiger partial charge in [0.2, 0.25) is 18.3 Å². The second-order valence-corrected chi connectivity index (χ2v) is 6.62. The highest BCUT2D eigenvalue weighted by Gasteiger charge is 2.25. The third-order valence-corrected chi connectivity index (χ3v) is 4.82. The number of hydrogen-bond acceptors (Lipinski definition) is 6. The van der Waals surface area contributed by atoms with Gasteiger partial charge in [0.15, 0.2) is 0 Å². The van der Waals surface area contributed by atoms with Gasteiger partial charge in [-0.05, 0) is 13.0 Å². The molecule has 0 saturated carbocycles. The van der Waals surface area contributed by atoms with E-state index in [9.17, 15) is 14.4 Å². The van der Waals surface area contributed by atoms with Gasteiger partial charge >= 0.3 is 0 Å². The van der Waals surface area contributed by atoms with Gasteiger partial charge in [0.1, 0.15) is 5.69 Å². The Morgan fingerprint density at radius 3 is 2.15 bits per heavy atom. The molecule has 0 unspecified atom stereocenters. The molecule has 2 saturated heterocycles. The number of aryl methyl sites for hydroxylation is 1. The zero-order chi connectivity index (χ0) is 18.7. The molecular formula is C17H24N6O3. The van der Waals surface area contributed by atoms with Crippen LogP contribution in [0.15, 0.2) is 6.07 Å². The van der Waals surface area contributed by atoms with Crippen LogP contribution < -0.4 is 4.90 Å². The van der Waals surface area contributed by atoms with Crippen molar-refractivity contribution >= 4 is 24.2 Å². The highest BCUT2D eigenvalue weighted by molar-refractivity contribution is 5.92. The van der Waals surface area contributed by atoms with Gasteiger partial charge in [0, 0.05) is 65.0 Å². The molecule has 1 aromatic rings. The van der Waals surface area contributed by atoms with Gasteiger partial charge in [0.25, 0.3) is 5.91 Å². The molecule has 0 radical (unpaired) electrons. The van der Waals surface area contributed by atoms with Crippen molar-refractivity contribution in [3.63, 3.8) is 0 Å². The van der Waals surface area contributed by atoms with Gasteiger partial charge in [-0.1, -0.05) is 0 Å². The van der Waals surface area contributed by atoms with Crippen molar-refractivity contribution in [1.82, 2.24) is 24.7 Å². The van der Waals surface area contributed by atoms with Gasteiger partial charge < -0.3 is 19.6 Å². The molecule has 0 bridgehead atoms. The fourth-order valence-corrected chi connectivity index (χ4v) is 3.22. The fourth-order valence-electron chi connectivity index (χ4n) is 3.22. The molecule has 0 N–H and O–H groups in total. The lowest BCUT2D eigenvalue weighted by molar-refractivity contribution is -0.129. The third kappa shape index (κ3) is 3.92. The fraction of sp³-hybridized carbons (Fsp3) is 0.588. The smallest absolute Gasteiger partial charge is 0.272 e. The Morgan fingerprint density at radius 2 is 1.58 bits per heavy atom. The number of hydrogen-bond donors (Lipinski definition) is 0. The van der Waals surface area contributed by atoms with Crippen LogP contribution in [-0.4, -0.2) is 95.3 Å². The van der Waals surface area contributed by atoms with Crippen molar-refractivity contribution < 1.29 is 14.4 Å². The third-order valence-electron chi connectivity index (χ3n) is 4.82. The van der Waals surface area contributed by atoms with Crippen LogP contribution in [0.4, 0.5) is 5.95 Å². The summed E-state index contributed by atoms with van der Waals surface area (Å²) in [6.07, 6.45) is 0.815. The van der Waals surface area contributed by atoms with E-state index in [1.807, 2.05) is 11.8 Å². The minimum Gasteiger partial charge on any atom is -0.342 e. The van der Waals surface area contributed by atoms with Crippen LogP contribution in [0, 0.1) is 6.92 Å². The van der Waals surface area contributed by atoms with Crippen LogP contribution >= 0.6 is 0 Å². The monoisotopic (exact) mass is 360 g/mol. The Kier molecular flexibility index (Phi) is 5.34. The number of carbonyl (C=O) groups excluding carboxylic acids is 3. The first-order valence-corrected chi connectivity index (χ1v) is 8.82. The van der Waals surface area contributed by atoms with Gasteiger partial charge in [-0.15, -0.1) is 0 Å². The quantitative estimate of drug-likeness (QED) is 0.667. The first-order chi connectivity index (χ1) is 12.5. The second-order valence-electron chi connectivity index (χ2n) is 6.62. The predicted octanol–water partition coefficient (Wildman–Crippen LogP) is -0.632. The van der Waals surface area contributed by atoms with Crippen LogP contribution in [0.5, 0.6) is 0 Å². The SMILES string of the molecule is CC(=O)N1CCN(c2nc(C)cc(C(=O)N3CCN(C=O)CC3)n2)CC1. The molecule has 3 heterocycles. The van der Waals surface area contributed by atoms with E-state index in [1.165, 1.54) is 0 Å². The lowest BCUT2D eigenvalue weighted by Gasteiger charge is -2.35. The summed E-state index contributed by atoms with van der Waals surface area (Å²) in [6.45, 7) is 8.06. The first-order valence-electron chi connectivity index (χ1n) is 8.82. The summed E-state index contributed by atoms with van der Waals surface area (Å²) in [5.41, 5.74) is 1.11. The topological polar surface area (TPSA) is 90.0 Å². The molecule has 0 aliphatic carbocycles. The molecule has 2 aliphatic heterocycles. The van der Waals surface area contributed by atoms with Crippen LogP contribution in [0.25, 0.3) is 0 Å². The molecule has 3 rings (SSSR count). The summed E-state index contributed by atoms with van der Waals surface area (Å²) in [6, 6.07) is 1.70. The zero-order valence-electron chi connectivity index (χ0n) is 15.2. The molecule has 0 aromatic carbocycles. The summed E-state index contributed by atoms with van der Waals surface area (Å²) in [5.74, 6) is 0.466. The van der Waals surface area contributed by atoms with E-state index in [2.05, 4.69) is 9.97 Å². The van der Waals surface area contributed by atoms with Gasteiger partial charge in [-0.2, -0.15) is 0 Å². The first kappa shape index (κ1) is 18.1. The molecule has 9 heteroatoms. The van der Waals surface area contributed by atoms with Crippen LogP contribution in [-0.2, 0) is 9.59 Å². The summed E-state index contributed by atoms with van der Waals surface area (Å²) < 4.78 is 0. The molecule has 1 aromatic heterocycles. The number of anilines is 1.